The van der Waals surface area contributed by atoms with Crippen molar-refractivity contribution in [1.29, 1.82) is 0 Å². The Balaban J connectivity index is 5.15. The van der Waals surface area contributed by atoms with Crippen molar-refractivity contribution in [3.63, 3.8) is 0 Å². The Labute approximate surface area is 600 Å². The average Bonchev–Trinajstić information content (AvgIpc) is 1.33. The third-order valence-corrected chi connectivity index (χ3v) is 20.4. The van der Waals surface area contributed by atoms with Crippen LogP contribution in [-0.4, -0.2) is 96.7 Å². The SMILES string of the molecule is CCCCCCCCCCCCCCCCCCCCCCCCC(=O)O[C@H](COC(=O)CCCCCCCCCCCCCCCCC(C)C)COP(=O)(O)OC[C@@H](O)COP(=O)(O)OC[C@@H](COC(=O)CCCCCCCCC)OC(=O)CCCCCCCCCCCCCC. The number of aliphatic hydroxyl groups excluding tert-OH is 1. The van der Waals surface area contributed by atoms with Crippen molar-refractivity contribution in [3.8, 4) is 0 Å². The van der Waals surface area contributed by atoms with Crippen molar-refractivity contribution in [2.45, 2.75) is 438 Å². The van der Waals surface area contributed by atoms with Gasteiger partial charge in [0.1, 0.15) is 19.3 Å². The Hall–Kier alpha value is -1.94. The minimum atomic E-state index is -4.96. The van der Waals surface area contributed by atoms with E-state index in [1.165, 1.54) is 231 Å². The molecule has 0 aliphatic heterocycles. The summed E-state index contributed by atoms with van der Waals surface area (Å²) in [4.78, 5) is 72.7. The smallest absolute Gasteiger partial charge is 0.462 e. The first kappa shape index (κ1) is 96.1. The standard InChI is InChI=1S/C79H154O17P2/c1-6-9-12-15-18-20-22-24-25-26-27-28-29-30-31-32-37-41-45-50-55-60-65-79(84)96-75(69-90-77(82)63-58-53-48-43-40-36-34-33-35-38-42-47-51-56-61-72(4)5)71-94-98(87,88)92-67-73(80)66-91-97(85,86)93-70-74(68-89-76(81)62-57-52-46-17-14-11-8-3)95-78(83)64-59-54-49-44-39-23-21-19-16-13-10-7-2/h72-75,80H,6-71H2,1-5H3,(H,85,86)(H,87,88)/t73-,74+,75+/m0/s1. The third kappa shape index (κ3) is 72.4. The van der Waals surface area contributed by atoms with Gasteiger partial charge in [-0.05, 0) is 31.6 Å². The molecule has 0 bridgehead atoms. The number of aliphatic hydroxyl groups is 1. The maximum absolute atomic E-state index is 13.1. The number of phosphoric ester groups is 2. The van der Waals surface area contributed by atoms with Crippen LogP contribution >= 0.6 is 15.6 Å². The van der Waals surface area contributed by atoms with Crippen LogP contribution < -0.4 is 0 Å². The number of unbranched alkanes of at least 4 members (excludes halogenated alkanes) is 51. The van der Waals surface area contributed by atoms with Gasteiger partial charge in [0.05, 0.1) is 26.4 Å². The average molecular weight is 1440 g/mol. The molecule has 0 rings (SSSR count). The summed E-state index contributed by atoms with van der Waals surface area (Å²) in [7, 11) is -9.91. The van der Waals surface area contributed by atoms with E-state index in [4.69, 9.17) is 37.0 Å². The van der Waals surface area contributed by atoms with E-state index in [0.29, 0.717) is 25.7 Å². The first-order chi connectivity index (χ1) is 47.5. The Kier molecular flexibility index (Phi) is 70.6. The summed E-state index contributed by atoms with van der Waals surface area (Å²) in [5.41, 5.74) is 0. The number of esters is 4. The van der Waals surface area contributed by atoms with Gasteiger partial charge in [-0.15, -0.1) is 0 Å². The summed E-state index contributed by atoms with van der Waals surface area (Å²) in [5.74, 6) is -1.32. The molecule has 0 fully saturated rings. The molecule has 0 aliphatic rings. The molecule has 2 unspecified atom stereocenters. The number of carbonyl (C=O) groups excluding carboxylic acids is 4. The maximum atomic E-state index is 13.1. The van der Waals surface area contributed by atoms with Gasteiger partial charge in [0.15, 0.2) is 12.2 Å². The largest absolute Gasteiger partial charge is 0.472 e. The highest BCUT2D eigenvalue weighted by atomic mass is 31.2. The Morgan fingerprint density at radius 2 is 0.469 bits per heavy atom. The number of rotatable bonds is 79. The zero-order valence-corrected chi connectivity index (χ0v) is 65.7. The lowest BCUT2D eigenvalue weighted by atomic mass is 10.0. The fourth-order valence-corrected chi connectivity index (χ4v) is 13.8. The summed E-state index contributed by atoms with van der Waals surface area (Å²) >= 11 is 0. The molecule has 0 saturated carbocycles. The number of hydrogen-bond donors (Lipinski definition) is 3. The van der Waals surface area contributed by atoms with Crippen molar-refractivity contribution in [3.05, 3.63) is 0 Å². The number of phosphoric acid groups is 2. The molecule has 0 aromatic rings. The summed E-state index contributed by atoms with van der Waals surface area (Å²) in [6.07, 6.45) is 62.7. The molecule has 0 aromatic heterocycles. The van der Waals surface area contributed by atoms with Crippen molar-refractivity contribution in [1.82, 2.24) is 0 Å². The molecule has 0 heterocycles. The predicted molar refractivity (Wildman–Crippen MR) is 400 cm³/mol. The zero-order valence-electron chi connectivity index (χ0n) is 63.9. The molecule has 0 aliphatic carbocycles. The molecule has 0 spiro atoms. The van der Waals surface area contributed by atoms with E-state index in [9.17, 15) is 43.2 Å². The molecule has 0 aromatic carbocycles. The van der Waals surface area contributed by atoms with E-state index in [0.717, 1.165) is 109 Å². The Morgan fingerprint density at radius 3 is 0.694 bits per heavy atom. The molecule has 0 saturated heterocycles. The molecule has 5 atom stereocenters. The minimum absolute atomic E-state index is 0.107. The molecule has 98 heavy (non-hydrogen) atoms. The van der Waals surface area contributed by atoms with E-state index in [2.05, 4.69) is 34.6 Å². The molecular weight excluding hydrogens is 1280 g/mol. The van der Waals surface area contributed by atoms with E-state index >= 15 is 0 Å². The first-order valence-electron chi connectivity index (χ1n) is 41.1. The zero-order chi connectivity index (χ0) is 71.9. The molecule has 17 nitrogen and oxygen atoms in total. The van der Waals surface area contributed by atoms with Crippen LogP contribution in [0.1, 0.15) is 420 Å². The quantitative estimate of drug-likeness (QED) is 0.0222. The summed E-state index contributed by atoms with van der Waals surface area (Å²) in [6, 6.07) is 0. The maximum Gasteiger partial charge on any atom is 0.472 e. The minimum Gasteiger partial charge on any atom is -0.462 e. The Bertz CT molecular complexity index is 1870. The van der Waals surface area contributed by atoms with Crippen LogP contribution in [0.4, 0.5) is 0 Å². The van der Waals surface area contributed by atoms with Gasteiger partial charge in [0, 0.05) is 25.7 Å². The van der Waals surface area contributed by atoms with Crippen LogP contribution in [0.25, 0.3) is 0 Å². The molecule has 582 valence electrons. The predicted octanol–water partition coefficient (Wildman–Crippen LogP) is 23.6. The van der Waals surface area contributed by atoms with Gasteiger partial charge in [-0.2, -0.15) is 0 Å². The normalized spacial score (nSPS) is 13.9. The van der Waals surface area contributed by atoms with Gasteiger partial charge >= 0.3 is 39.5 Å². The highest BCUT2D eigenvalue weighted by molar-refractivity contribution is 7.47. The van der Waals surface area contributed by atoms with Crippen LogP contribution in [0, 0.1) is 5.92 Å². The van der Waals surface area contributed by atoms with E-state index in [-0.39, 0.29) is 25.7 Å². The molecule has 19 heteroatoms. The molecular formula is C79H154O17P2. The lowest BCUT2D eigenvalue weighted by Gasteiger charge is -2.21. The number of carbonyl (C=O) groups is 4. The van der Waals surface area contributed by atoms with Crippen molar-refractivity contribution in [2.24, 2.45) is 5.92 Å². The van der Waals surface area contributed by atoms with Crippen LogP contribution in [0.2, 0.25) is 0 Å². The first-order valence-corrected chi connectivity index (χ1v) is 44.1. The third-order valence-electron chi connectivity index (χ3n) is 18.5. The Morgan fingerprint density at radius 1 is 0.276 bits per heavy atom. The molecule has 0 radical (unpaired) electrons. The van der Waals surface area contributed by atoms with Gasteiger partial charge in [0.25, 0.3) is 0 Å². The summed E-state index contributed by atoms with van der Waals surface area (Å²) in [5, 5.41) is 10.6. The second-order valence-corrected chi connectivity index (χ2v) is 31.8. The van der Waals surface area contributed by atoms with Gasteiger partial charge in [-0.1, -0.05) is 369 Å². The van der Waals surface area contributed by atoms with E-state index in [1.807, 2.05) is 0 Å². The fourth-order valence-electron chi connectivity index (χ4n) is 12.2. The lowest BCUT2D eigenvalue weighted by Crippen LogP contribution is -2.30. The number of hydrogen-bond acceptors (Lipinski definition) is 15. The van der Waals surface area contributed by atoms with E-state index < -0.39 is 97.5 Å². The van der Waals surface area contributed by atoms with Crippen molar-refractivity contribution >= 4 is 39.5 Å². The van der Waals surface area contributed by atoms with Crippen LogP contribution in [0.5, 0.6) is 0 Å². The summed E-state index contributed by atoms with van der Waals surface area (Å²) in [6.45, 7) is 7.29. The second-order valence-electron chi connectivity index (χ2n) is 28.9. The van der Waals surface area contributed by atoms with Gasteiger partial charge in [0.2, 0.25) is 0 Å². The van der Waals surface area contributed by atoms with Crippen LogP contribution in [0.3, 0.4) is 0 Å². The molecule has 3 N–H and O–H groups in total. The van der Waals surface area contributed by atoms with Crippen molar-refractivity contribution < 1.29 is 80.2 Å². The van der Waals surface area contributed by atoms with Gasteiger partial charge in [-0.25, -0.2) is 9.13 Å². The number of ether oxygens (including phenoxy) is 4. The lowest BCUT2D eigenvalue weighted by molar-refractivity contribution is -0.161. The fraction of sp³-hybridized carbons (Fsp3) is 0.949. The highest BCUT2D eigenvalue weighted by Gasteiger charge is 2.30. The van der Waals surface area contributed by atoms with Crippen LogP contribution in [-0.2, 0) is 65.4 Å². The van der Waals surface area contributed by atoms with Gasteiger partial charge < -0.3 is 33.8 Å². The second kappa shape index (κ2) is 72.0. The van der Waals surface area contributed by atoms with Gasteiger partial charge in [-0.3, -0.25) is 37.3 Å². The van der Waals surface area contributed by atoms with Crippen LogP contribution in [0.15, 0.2) is 0 Å². The molecule has 0 amide bonds. The highest BCUT2D eigenvalue weighted by Crippen LogP contribution is 2.45. The monoisotopic (exact) mass is 1440 g/mol. The van der Waals surface area contributed by atoms with E-state index in [1.54, 1.807) is 0 Å². The van der Waals surface area contributed by atoms with Crippen molar-refractivity contribution in [2.75, 3.05) is 39.6 Å². The topological polar surface area (TPSA) is 237 Å². The summed E-state index contributed by atoms with van der Waals surface area (Å²) < 4.78 is 68.5.